The molecular weight excluding hydrogens is 177 g/mol. The Hall–Kier alpha value is -1.15. The van der Waals surface area contributed by atoms with E-state index >= 15 is 0 Å². The van der Waals surface area contributed by atoms with Crippen molar-refractivity contribution in [3.05, 3.63) is 47.8 Å². The van der Waals surface area contributed by atoms with E-state index in [-0.39, 0.29) is 11.9 Å². The molecule has 0 saturated heterocycles. The van der Waals surface area contributed by atoms with E-state index in [9.17, 15) is 4.39 Å². The molecule has 1 aromatic carbocycles. The molecule has 0 bridgehead atoms. The first kappa shape index (κ1) is 10.9. The van der Waals surface area contributed by atoms with Gasteiger partial charge in [0.05, 0.1) is 0 Å². The van der Waals surface area contributed by atoms with Crippen LogP contribution in [-0.2, 0) is 0 Å². The summed E-state index contributed by atoms with van der Waals surface area (Å²) in [5.41, 5.74) is 7.57. The third-order valence-electron chi connectivity index (χ3n) is 2.29. The fourth-order valence-electron chi connectivity index (χ4n) is 1.36. The third-order valence-corrected chi connectivity index (χ3v) is 2.29. The lowest BCUT2D eigenvalue weighted by Gasteiger charge is -2.11. The minimum atomic E-state index is -0.176. The van der Waals surface area contributed by atoms with Gasteiger partial charge in [0.2, 0.25) is 0 Å². The smallest absolute Gasteiger partial charge is 0.126 e. The molecule has 0 aliphatic heterocycles. The molecule has 2 heteroatoms. The van der Waals surface area contributed by atoms with E-state index in [1.54, 1.807) is 13.0 Å². The summed E-state index contributed by atoms with van der Waals surface area (Å²) in [5, 5.41) is 0. The molecule has 0 spiro atoms. The van der Waals surface area contributed by atoms with Crippen LogP contribution in [0.4, 0.5) is 4.39 Å². The Balaban J connectivity index is 2.75. The average molecular weight is 193 g/mol. The van der Waals surface area contributed by atoms with Gasteiger partial charge in [-0.25, -0.2) is 4.39 Å². The maximum Gasteiger partial charge on any atom is 0.126 e. The second-order valence-corrected chi connectivity index (χ2v) is 3.48. The van der Waals surface area contributed by atoms with Crippen molar-refractivity contribution in [2.24, 2.45) is 5.73 Å². The highest BCUT2D eigenvalue weighted by Gasteiger charge is 2.06. The number of allylic oxidation sites excluding steroid dienone is 1. The zero-order valence-electron chi connectivity index (χ0n) is 8.46. The van der Waals surface area contributed by atoms with Crippen LogP contribution in [0.5, 0.6) is 0 Å². The number of halogens is 1. The monoisotopic (exact) mass is 193 g/mol. The van der Waals surface area contributed by atoms with Crippen LogP contribution in [0.15, 0.2) is 30.9 Å². The molecule has 0 aliphatic rings. The van der Waals surface area contributed by atoms with Crippen LogP contribution in [-0.4, -0.2) is 0 Å². The topological polar surface area (TPSA) is 26.0 Å². The Morgan fingerprint density at radius 1 is 1.57 bits per heavy atom. The van der Waals surface area contributed by atoms with E-state index < -0.39 is 0 Å². The molecule has 1 atom stereocenters. The molecule has 0 saturated carbocycles. The van der Waals surface area contributed by atoms with Gasteiger partial charge in [-0.05, 0) is 37.0 Å². The molecule has 1 nitrogen and oxygen atoms in total. The van der Waals surface area contributed by atoms with Crippen LogP contribution < -0.4 is 5.73 Å². The number of rotatable bonds is 4. The maximum atomic E-state index is 13.0. The van der Waals surface area contributed by atoms with Crippen molar-refractivity contribution >= 4 is 0 Å². The van der Waals surface area contributed by atoms with Gasteiger partial charge in [-0.3, -0.25) is 0 Å². The number of benzene rings is 1. The normalized spacial score (nSPS) is 12.5. The highest BCUT2D eigenvalue weighted by atomic mass is 19.1. The van der Waals surface area contributed by atoms with Crippen molar-refractivity contribution in [3.8, 4) is 0 Å². The summed E-state index contributed by atoms with van der Waals surface area (Å²) in [4.78, 5) is 0. The Morgan fingerprint density at radius 2 is 2.29 bits per heavy atom. The molecule has 0 heterocycles. The van der Waals surface area contributed by atoms with E-state index in [2.05, 4.69) is 6.58 Å². The fraction of sp³-hybridized carbons (Fsp3) is 0.333. The fourth-order valence-corrected chi connectivity index (χ4v) is 1.36. The summed E-state index contributed by atoms with van der Waals surface area (Å²) >= 11 is 0. The Bertz CT molecular complexity index is 320. The maximum absolute atomic E-state index is 13.0. The highest BCUT2D eigenvalue weighted by molar-refractivity contribution is 5.26. The summed E-state index contributed by atoms with van der Waals surface area (Å²) in [5.74, 6) is -0.176. The van der Waals surface area contributed by atoms with Crippen molar-refractivity contribution in [1.82, 2.24) is 0 Å². The summed E-state index contributed by atoms with van der Waals surface area (Å²) in [6.45, 7) is 5.39. The summed E-state index contributed by atoms with van der Waals surface area (Å²) in [7, 11) is 0. The molecule has 0 aromatic heterocycles. The molecule has 76 valence electrons. The highest BCUT2D eigenvalue weighted by Crippen LogP contribution is 2.18. The van der Waals surface area contributed by atoms with Gasteiger partial charge in [-0.1, -0.05) is 18.2 Å². The largest absolute Gasteiger partial charge is 0.324 e. The minimum absolute atomic E-state index is 0.0210. The van der Waals surface area contributed by atoms with E-state index in [0.717, 1.165) is 18.4 Å². The van der Waals surface area contributed by atoms with Gasteiger partial charge in [-0.2, -0.15) is 0 Å². The number of aryl methyl sites for hydroxylation is 1. The van der Waals surface area contributed by atoms with Gasteiger partial charge in [0, 0.05) is 6.04 Å². The van der Waals surface area contributed by atoms with Crippen molar-refractivity contribution in [1.29, 1.82) is 0 Å². The first-order valence-corrected chi connectivity index (χ1v) is 4.77. The zero-order valence-corrected chi connectivity index (χ0v) is 8.46. The van der Waals surface area contributed by atoms with Gasteiger partial charge in [-0.15, -0.1) is 6.58 Å². The Labute approximate surface area is 84.4 Å². The van der Waals surface area contributed by atoms with Crippen LogP contribution in [0.25, 0.3) is 0 Å². The first-order valence-electron chi connectivity index (χ1n) is 4.77. The molecule has 14 heavy (non-hydrogen) atoms. The Morgan fingerprint density at radius 3 is 2.86 bits per heavy atom. The predicted molar refractivity (Wildman–Crippen MR) is 57.5 cm³/mol. The standard InChI is InChI=1S/C12H16FN/c1-3-4-5-12(14)10-6-7-11(13)9(2)8-10/h3,6-8,12H,1,4-5,14H2,2H3. The van der Waals surface area contributed by atoms with Crippen molar-refractivity contribution < 1.29 is 4.39 Å². The lowest BCUT2D eigenvalue weighted by atomic mass is 10.0. The molecule has 1 rings (SSSR count). The van der Waals surface area contributed by atoms with Gasteiger partial charge in [0.1, 0.15) is 5.82 Å². The average Bonchev–Trinajstić information content (AvgIpc) is 2.18. The van der Waals surface area contributed by atoms with E-state index in [1.165, 1.54) is 6.07 Å². The molecule has 1 unspecified atom stereocenters. The number of nitrogens with two attached hydrogens (primary N) is 1. The van der Waals surface area contributed by atoms with Crippen LogP contribution in [0.3, 0.4) is 0 Å². The van der Waals surface area contributed by atoms with Crippen LogP contribution in [0, 0.1) is 12.7 Å². The molecule has 1 aromatic rings. The van der Waals surface area contributed by atoms with Gasteiger partial charge >= 0.3 is 0 Å². The van der Waals surface area contributed by atoms with Gasteiger partial charge < -0.3 is 5.73 Å². The molecule has 0 radical (unpaired) electrons. The summed E-state index contributed by atoms with van der Waals surface area (Å²) < 4.78 is 13.0. The SMILES string of the molecule is C=CCCC(N)c1ccc(F)c(C)c1. The van der Waals surface area contributed by atoms with E-state index in [1.807, 2.05) is 12.1 Å². The molecule has 0 amide bonds. The summed E-state index contributed by atoms with van der Waals surface area (Å²) in [6, 6.07) is 5.00. The van der Waals surface area contributed by atoms with Crippen molar-refractivity contribution in [2.75, 3.05) is 0 Å². The molecule has 2 N–H and O–H groups in total. The number of hydrogen-bond donors (Lipinski definition) is 1. The third kappa shape index (κ3) is 2.67. The van der Waals surface area contributed by atoms with E-state index in [4.69, 9.17) is 5.73 Å². The first-order chi connectivity index (χ1) is 6.65. The molecule has 0 fully saturated rings. The van der Waals surface area contributed by atoms with Crippen LogP contribution in [0.1, 0.15) is 30.0 Å². The summed E-state index contributed by atoms with van der Waals surface area (Å²) in [6.07, 6.45) is 3.59. The lowest BCUT2D eigenvalue weighted by molar-refractivity contribution is 0.611. The lowest BCUT2D eigenvalue weighted by Crippen LogP contribution is -2.10. The predicted octanol–water partition coefficient (Wildman–Crippen LogP) is 3.10. The second kappa shape index (κ2) is 4.91. The van der Waals surface area contributed by atoms with Gasteiger partial charge in [0.25, 0.3) is 0 Å². The van der Waals surface area contributed by atoms with Crippen molar-refractivity contribution in [3.63, 3.8) is 0 Å². The van der Waals surface area contributed by atoms with Crippen LogP contribution in [0.2, 0.25) is 0 Å². The van der Waals surface area contributed by atoms with Gasteiger partial charge in [0.15, 0.2) is 0 Å². The Kier molecular flexibility index (Phi) is 3.84. The second-order valence-electron chi connectivity index (χ2n) is 3.48. The van der Waals surface area contributed by atoms with Crippen molar-refractivity contribution in [2.45, 2.75) is 25.8 Å². The van der Waals surface area contributed by atoms with E-state index in [0.29, 0.717) is 5.56 Å². The quantitative estimate of drug-likeness (QED) is 0.730. The zero-order chi connectivity index (χ0) is 10.6. The molecule has 0 aliphatic carbocycles. The minimum Gasteiger partial charge on any atom is -0.324 e. The number of hydrogen-bond acceptors (Lipinski definition) is 1. The van der Waals surface area contributed by atoms with Crippen LogP contribution >= 0.6 is 0 Å². The molecular formula is C12H16FN.